The van der Waals surface area contributed by atoms with Gasteiger partial charge in [-0.15, -0.1) is 9.13 Å². The first kappa shape index (κ1) is 16.9. The van der Waals surface area contributed by atoms with Gasteiger partial charge in [0.2, 0.25) is 11.2 Å². The van der Waals surface area contributed by atoms with E-state index in [1.165, 1.54) is 49.6 Å². The standard InChI is InChI=1S/C29H22N2O/c1-28(2,3)19-12-13-21-20-7-4-8-22-25(20)29(31(21)16-19)26-23(32-22)14-11-17-9-10-18-6-5-15-30(29)27(18)24(17)26/h4-16H,1-3H3/q+2. The van der Waals surface area contributed by atoms with Crippen LogP contribution in [0.25, 0.3) is 32.9 Å². The molecule has 0 saturated heterocycles. The molecule has 3 aliphatic heterocycles. The molecule has 1 unspecified atom stereocenters. The SMILES string of the molecule is CC(C)(C)c1ccc2[n+](c1)C13c4c(cccc4-2)Oc2ccc4ccc5ccc[n+]1c5c4c23. The van der Waals surface area contributed by atoms with Gasteiger partial charge in [-0.05, 0) is 47.2 Å². The smallest absolute Gasteiger partial charge is 0.425 e. The number of hydrogen-bond donors (Lipinski definition) is 0. The van der Waals surface area contributed by atoms with E-state index in [0.29, 0.717) is 0 Å². The van der Waals surface area contributed by atoms with Crippen molar-refractivity contribution in [3.8, 4) is 22.8 Å². The van der Waals surface area contributed by atoms with E-state index in [2.05, 4.69) is 109 Å². The van der Waals surface area contributed by atoms with Gasteiger partial charge in [0.25, 0.3) is 0 Å². The molecule has 0 saturated carbocycles. The van der Waals surface area contributed by atoms with Gasteiger partial charge in [0.05, 0.1) is 10.9 Å². The van der Waals surface area contributed by atoms with Gasteiger partial charge in [-0.1, -0.05) is 39.0 Å². The zero-order chi connectivity index (χ0) is 21.4. The van der Waals surface area contributed by atoms with E-state index in [0.717, 1.165) is 11.5 Å². The van der Waals surface area contributed by atoms with Crippen LogP contribution in [0.15, 0.2) is 79.1 Å². The minimum absolute atomic E-state index is 0.0540. The Kier molecular flexibility index (Phi) is 2.65. The second kappa shape index (κ2) is 5.02. The average Bonchev–Trinajstić information content (AvgIpc) is 3.28. The quantitative estimate of drug-likeness (QED) is 0.234. The molecule has 3 aromatic carbocycles. The highest BCUT2D eigenvalue weighted by Gasteiger charge is 2.70. The molecule has 5 aromatic rings. The van der Waals surface area contributed by atoms with Gasteiger partial charge in [0.15, 0.2) is 23.5 Å². The first-order valence-electron chi connectivity index (χ1n) is 11.3. The minimum atomic E-state index is -0.473. The van der Waals surface area contributed by atoms with E-state index in [1.54, 1.807) is 0 Å². The summed E-state index contributed by atoms with van der Waals surface area (Å²) in [4.78, 5) is 0. The number of hydrogen-bond acceptors (Lipinski definition) is 1. The maximum Gasteiger partial charge on any atom is 0.425 e. The van der Waals surface area contributed by atoms with Crippen LogP contribution in [-0.4, -0.2) is 0 Å². The Labute approximate surface area is 186 Å². The summed E-state index contributed by atoms with van der Waals surface area (Å²) in [6, 6.07) is 24.3. The minimum Gasteiger partial charge on any atom is -0.456 e. The molecule has 0 amide bonds. The third-order valence-electron chi connectivity index (χ3n) is 7.63. The zero-order valence-electron chi connectivity index (χ0n) is 18.3. The monoisotopic (exact) mass is 414 g/mol. The van der Waals surface area contributed by atoms with Crippen molar-refractivity contribution in [1.82, 2.24) is 0 Å². The molecule has 3 nitrogen and oxygen atoms in total. The Bertz CT molecular complexity index is 1690. The van der Waals surface area contributed by atoms with Crippen LogP contribution in [0, 0.1) is 0 Å². The molecule has 1 spiro atoms. The molecule has 2 aromatic heterocycles. The van der Waals surface area contributed by atoms with Gasteiger partial charge in [0.1, 0.15) is 11.5 Å². The molecule has 0 aliphatic carbocycles. The molecule has 3 heteroatoms. The summed E-state index contributed by atoms with van der Waals surface area (Å²) in [6.07, 6.45) is 4.63. The fourth-order valence-electron chi connectivity index (χ4n) is 6.26. The number of rotatable bonds is 0. The van der Waals surface area contributed by atoms with Gasteiger partial charge in [-0.3, -0.25) is 0 Å². The van der Waals surface area contributed by atoms with E-state index in [-0.39, 0.29) is 5.41 Å². The average molecular weight is 415 g/mol. The van der Waals surface area contributed by atoms with Crippen molar-refractivity contribution in [2.75, 3.05) is 0 Å². The highest BCUT2D eigenvalue weighted by atomic mass is 16.5. The van der Waals surface area contributed by atoms with Crippen LogP contribution in [-0.2, 0) is 11.1 Å². The summed E-state index contributed by atoms with van der Waals surface area (Å²) in [5, 5.41) is 3.83. The number of aromatic nitrogens is 2. The molecule has 0 bridgehead atoms. The first-order chi connectivity index (χ1) is 15.5. The highest BCUT2D eigenvalue weighted by molar-refractivity contribution is 6.08. The van der Waals surface area contributed by atoms with E-state index < -0.39 is 5.66 Å². The first-order valence-corrected chi connectivity index (χ1v) is 11.3. The largest absolute Gasteiger partial charge is 0.456 e. The van der Waals surface area contributed by atoms with Gasteiger partial charge < -0.3 is 4.74 Å². The highest BCUT2D eigenvalue weighted by Crippen LogP contribution is 2.56. The Hall–Kier alpha value is -3.72. The molecular formula is C29H22N2O+2. The van der Waals surface area contributed by atoms with Crippen LogP contribution >= 0.6 is 0 Å². The van der Waals surface area contributed by atoms with Crippen LogP contribution in [0.1, 0.15) is 37.5 Å². The van der Waals surface area contributed by atoms with Crippen LogP contribution in [0.3, 0.4) is 0 Å². The Morgan fingerprint density at radius 3 is 2.44 bits per heavy atom. The summed E-state index contributed by atoms with van der Waals surface area (Å²) < 4.78 is 11.6. The lowest BCUT2D eigenvalue weighted by atomic mass is 9.86. The lowest BCUT2D eigenvalue weighted by Crippen LogP contribution is -2.72. The fraction of sp³-hybridized carbons (Fsp3) is 0.172. The third kappa shape index (κ3) is 1.64. The van der Waals surface area contributed by atoms with Crippen molar-refractivity contribution in [1.29, 1.82) is 0 Å². The summed E-state index contributed by atoms with van der Waals surface area (Å²) in [5.41, 5.74) is 7.20. The summed E-state index contributed by atoms with van der Waals surface area (Å²) in [5.74, 6) is 1.91. The number of nitrogens with zero attached hydrogens (tertiary/aromatic N) is 2. The molecular weight excluding hydrogens is 392 g/mol. The molecule has 152 valence electrons. The summed E-state index contributed by atoms with van der Waals surface area (Å²) in [6.45, 7) is 6.86. The topological polar surface area (TPSA) is 17.0 Å². The van der Waals surface area contributed by atoms with Gasteiger partial charge in [-0.25, -0.2) is 0 Å². The Morgan fingerprint density at radius 1 is 0.750 bits per heavy atom. The predicted molar refractivity (Wildman–Crippen MR) is 124 cm³/mol. The van der Waals surface area contributed by atoms with Crippen molar-refractivity contribution in [2.24, 2.45) is 0 Å². The van der Waals surface area contributed by atoms with E-state index in [4.69, 9.17) is 4.74 Å². The Balaban J connectivity index is 1.67. The molecule has 0 fully saturated rings. The number of pyridine rings is 2. The van der Waals surface area contributed by atoms with Gasteiger partial charge >= 0.3 is 5.66 Å². The molecule has 32 heavy (non-hydrogen) atoms. The summed E-state index contributed by atoms with van der Waals surface area (Å²) >= 11 is 0. The lowest BCUT2D eigenvalue weighted by Gasteiger charge is -2.26. The molecule has 0 N–H and O–H groups in total. The third-order valence-corrected chi connectivity index (χ3v) is 7.63. The van der Waals surface area contributed by atoms with Gasteiger partial charge in [-0.2, -0.15) is 0 Å². The van der Waals surface area contributed by atoms with E-state index >= 15 is 0 Å². The predicted octanol–water partition coefficient (Wildman–Crippen LogP) is 5.56. The maximum absolute atomic E-state index is 6.58. The van der Waals surface area contributed by atoms with Crippen molar-refractivity contribution in [2.45, 2.75) is 31.8 Å². The van der Waals surface area contributed by atoms with Crippen molar-refractivity contribution < 1.29 is 13.9 Å². The maximum atomic E-state index is 6.58. The zero-order valence-corrected chi connectivity index (χ0v) is 18.3. The van der Waals surface area contributed by atoms with Crippen molar-refractivity contribution in [3.63, 3.8) is 0 Å². The van der Waals surface area contributed by atoms with Crippen molar-refractivity contribution in [3.05, 3.63) is 95.8 Å². The van der Waals surface area contributed by atoms with Crippen molar-refractivity contribution >= 4 is 21.7 Å². The molecule has 0 radical (unpaired) electrons. The second-order valence-corrected chi connectivity index (χ2v) is 10.3. The Morgan fingerprint density at radius 2 is 1.56 bits per heavy atom. The molecule has 1 atom stereocenters. The molecule has 5 heterocycles. The normalized spacial score (nSPS) is 18.8. The van der Waals surface area contributed by atoms with Crippen LogP contribution in [0.5, 0.6) is 11.5 Å². The summed E-state index contributed by atoms with van der Waals surface area (Å²) in [7, 11) is 0. The van der Waals surface area contributed by atoms with Crippen LogP contribution < -0.4 is 13.9 Å². The molecule has 8 rings (SSSR count). The second-order valence-electron chi connectivity index (χ2n) is 10.3. The number of benzene rings is 3. The molecule has 3 aliphatic rings. The van der Waals surface area contributed by atoms with Crippen LogP contribution in [0.4, 0.5) is 0 Å². The van der Waals surface area contributed by atoms with Crippen LogP contribution in [0.2, 0.25) is 0 Å². The number of ether oxygens (including phenoxy) is 1. The van der Waals surface area contributed by atoms with Gasteiger partial charge in [0, 0.05) is 23.1 Å². The van der Waals surface area contributed by atoms with E-state index in [9.17, 15) is 0 Å². The number of fused-ring (bicyclic) bond motifs is 2. The lowest BCUT2D eigenvalue weighted by molar-refractivity contribution is -0.950. The van der Waals surface area contributed by atoms with E-state index in [1.807, 2.05) is 0 Å². The fourth-order valence-corrected chi connectivity index (χ4v) is 6.26.